The predicted octanol–water partition coefficient (Wildman–Crippen LogP) is 4.13. The number of aliphatic imine (C=N–C) groups is 1. The van der Waals surface area contributed by atoms with Crippen LogP contribution in [0.25, 0.3) is 0 Å². The smallest absolute Gasteiger partial charge is 0.385 e. The van der Waals surface area contributed by atoms with Crippen LogP contribution in [0, 0.1) is 0 Å². The summed E-state index contributed by atoms with van der Waals surface area (Å²) < 4.78 is 33.0. The normalized spacial score (nSPS) is 11.3. The molecule has 0 unspecified atom stereocenters. The molecule has 0 saturated carbocycles. The van der Waals surface area contributed by atoms with E-state index in [9.17, 15) is 4.79 Å². The molecule has 190 valence electrons. The lowest BCUT2D eigenvalue weighted by Crippen LogP contribution is -2.46. The molecule has 1 aromatic rings. The predicted molar refractivity (Wildman–Crippen MR) is 134 cm³/mol. The van der Waals surface area contributed by atoms with E-state index in [1.165, 1.54) is 6.08 Å². The molecule has 0 radical (unpaired) electrons. The monoisotopic (exact) mass is 502 g/mol. The lowest BCUT2D eigenvalue weighted by atomic mass is 10.3. The zero-order valence-corrected chi connectivity index (χ0v) is 23.1. The molecule has 11 heteroatoms. The number of anilines is 1. The zero-order chi connectivity index (χ0) is 24.8. The summed E-state index contributed by atoms with van der Waals surface area (Å²) in [7, 11) is -0.00280. The van der Waals surface area contributed by atoms with Crippen molar-refractivity contribution in [1.82, 2.24) is 0 Å². The number of isocyanates is 1. The average molecular weight is 503 g/mol. The van der Waals surface area contributed by atoms with Crippen LogP contribution >= 0.6 is 0 Å². The Bertz CT molecular complexity index is 605. The van der Waals surface area contributed by atoms with Crippen molar-refractivity contribution in [3.8, 4) is 0 Å². The topological polar surface area (TPSA) is 96.8 Å². The Morgan fingerprint density at radius 2 is 1.33 bits per heavy atom. The van der Waals surface area contributed by atoms with E-state index < -0.39 is 17.6 Å². The fourth-order valence-electron chi connectivity index (χ4n) is 3.07. The average Bonchev–Trinajstić information content (AvgIpc) is 2.84. The number of carbonyl (C=O) groups excluding carboxylic acids is 1. The van der Waals surface area contributed by atoms with Crippen LogP contribution in [-0.4, -0.2) is 77.9 Å². The van der Waals surface area contributed by atoms with E-state index in [0.717, 1.165) is 31.1 Å². The lowest BCUT2D eigenvalue weighted by molar-refractivity contribution is 0.0710. The second kappa shape index (κ2) is 20.0. The number of para-hydroxylation sites is 1. The summed E-state index contributed by atoms with van der Waals surface area (Å²) in [5, 5.41) is 3.35. The molecule has 0 aliphatic heterocycles. The molecule has 0 aliphatic rings. The molecule has 33 heavy (non-hydrogen) atoms. The van der Waals surface area contributed by atoms with E-state index in [0.29, 0.717) is 32.4 Å². The SMILES string of the molecule is CCO[Si](CCCN=C=O)(OCC)OCC.CO[Si](CCCNc1ccccc1)(OC)OC. The van der Waals surface area contributed by atoms with E-state index in [-0.39, 0.29) is 0 Å². The Kier molecular flexibility index (Phi) is 19.2. The zero-order valence-electron chi connectivity index (χ0n) is 21.1. The Labute approximate surface area is 201 Å². The van der Waals surface area contributed by atoms with Gasteiger partial charge in [-0.15, -0.1) is 0 Å². The number of benzene rings is 1. The second-order valence-electron chi connectivity index (χ2n) is 6.75. The Morgan fingerprint density at radius 1 is 0.818 bits per heavy atom. The fourth-order valence-corrected chi connectivity index (χ4v) is 7.39. The highest BCUT2D eigenvalue weighted by atomic mass is 28.4. The van der Waals surface area contributed by atoms with E-state index >= 15 is 0 Å². The standard InChI is InChI=1S/C12H21NO3Si.C10H21NO4Si/c1-14-17(15-2,16-3)11-7-10-13-12-8-5-4-6-9-12;1-4-13-16(14-5-2,15-6-3)9-7-8-11-10-12/h4-6,8-9,13H,7,10-11H2,1-3H3;4-9H2,1-3H3. The van der Waals surface area contributed by atoms with Gasteiger partial charge in [-0.1, -0.05) is 18.2 Å². The minimum Gasteiger partial charge on any atom is -0.385 e. The minimum atomic E-state index is -2.54. The van der Waals surface area contributed by atoms with Gasteiger partial charge >= 0.3 is 17.6 Å². The molecule has 0 fully saturated rings. The Morgan fingerprint density at radius 3 is 1.79 bits per heavy atom. The maximum atomic E-state index is 9.93. The summed E-state index contributed by atoms with van der Waals surface area (Å²) in [6.07, 6.45) is 3.20. The summed E-state index contributed by atoms with van der Waals surface area (Å²) in [6.45, 7) is 8.81. The fraction of sp³-hybridized carbons (Fsp3) is 0.682. The first-order chi connectivity index (χ1) is 16.0. The van der Waals surface area contributed by atoms with Gasteiger partial charge in [0.1, 0.15) is 0 Å². The number of rotatable bonds is 18. The molecule has 0 atom stereocenters. The van der Waals surface area contributed by atoms with Crippen molar-refractivity contribution in [2.45, 2.75) is 45.7 Å². The van der Waals surface area contributed by atoms with E-state index in [4.69, 9.17) is 26.6 Å². The van der Waals surface area contributed by atoms with Gasteiger partial charge in [0, 0.05) is 65.5 Å². The molecule has 0 heterocycles. The van der Waals surface area contributed by atoms with Crippen LogP contribution in [0.3, 0.4) is 0 Å². The van der Waals surface area contributed by atoms with E-state index in [1.54, 1.807) is 21.3 Å². The lowest BCUT2D eigenvalue weighted by Gasteiger charge is -2.28. The molecule has 1 N–H and O–H groups in total. The van der Waals surface area contributed by atoms with Crippen LogP contribution in [-0.2, 0) is 31.4 Å². The van der Waals surface area contributed by atoms with Crippen molar-refractivity contribution in [3.63, 3.8) is 0 Å². The van der Waals surface area contributed by atoms with Gasteiger partial charge in [-0.2, -0.15) is 0 Å². The first kappa shape index (κ1) is 31.6. The number of nitrogens with zero attached hydrogens (tertiary/aromatic N) is 1. The highest BCUT2D eigenvalue weighted by Crippen LogP contribution is 2.18. The van der Waals surface area contributed by atoms with Crippen molar-refractivity contribution in [2.24, 2.45) is 4.99 Å². The highest BCUT2D eigenvalue weighted by Gasteiger charge is 2.39. The van der Waals surface area contributed by atoms with Crippen LogP contribution in [0.15, 0.2) is 35.3 Å². The minimum absolute atomic E-state index is 0.450. The molecule has 0 saturated heterocycles. The number of hydrogen-bond donors (Lipinski definition) is 1. The van der Waals surface area contributed by atoms with E-state index in [2.05, 4.69) is 10.3 Å². The van der Waals surface area contributed by atoms with Gasteiger partial charge in [-0.3, -0.25) is 0 Å². The van der Waals surface area contributed by atoms with E-state index in [1.807, 2.05) is 51.1 Å². The maximum absolute atomic E-state index is 9.93. The van der Waals surface area contributed by atoms with Crippen molar-refractivity contribution < 1.29 is 31.4 Å². The summed E-state index contributed by atoms with van der Waals surface area (Å²) >= 11 is 0. The first-order valence-electron chi connectivity index (χ1n) is 11.4. The second-order valence-corrected chi connectivity index (χ2v) is 12.6. The summed E-state index contributed by atoms with van der Waals surface area (Å²) in [5.41, 5.74) is 1.13. The largest absolute Gasteiger partial charge is 0.500 e. The molecule has 0 amide bonds. The maximum Gasteiger partial charge on any atom is 0.500 e. The molecule has 0 spiro atoms. The molecular weight excluding hydrogens is 460 g/mol. The quantitative estimate of drug-likeness (QED) is 0.139. The third kappa shape index (κ3) is 13.8. The van der Waals surface area contributed by atoms with Crippen LogP contribution in [0.5, 0.6) is 0 Å². The molecule has 1 aromatic carbocycles. The summed E-state index contributed by atoms with van der Waals surface area (Å²) in [4.78, 5) is 13.4. The summed E-state index contributed by atoms with van der Waals surface area (Å²) in [6, 6.07) is 11.6. The van der Waals surface area contributed by atoms with Crippen molar-refractivity contribution in [2.75, 3.05) is 59.6 Å². The van der Waals surface area contributed by atoms with Crippen molar-refractivity contribution in [1.29, 1.82) is 0 Å². The van der Waals surface area contributed by atoms with Crippen LogP contribution < -0.4 is 5.32 Å². The summed E-state index contributed by atoms with van der Waals surface area (Å²) in [5.74, 6) is 0. The van der Waals surface area contributed by atoms with Crippen molar-refractivity contribution in [3.05, 3.63) is 30.3 Å². The number of nitrogens with one attached hydrogen (secondary N) is 1. The van der Waals surface area contributed by atoms with Gasteiger partial charge < -0.3 is 31.9 Å². The van der Waals surface area contributed by atoms with Crippen LogP contribution in [0.2, 0.25) is 12.1 Å². The first-order valence-corrected chi connectivity index (χ1v) is 15.3. The highest BCUT2D eigenvalue weighted by molar-refractivity contribution is 6.61. The third-order valence-corrected chi connectivity index (χ3v) is 10.6. The molecule has 9 nitrogen and oxygen atoms in total. The molecule has 0 aromatic heterocycles. The molecule has 0 aliphatic carbocycles. The molecule has 1 rings (SSSR count). The van der Waals surface area contributed by atoms with Gasteiger partial charge in [0.05, 0.1) is 6.54 Å². The van der Waals surface area contributed by atoms with Gasteiger partial charge in [0.25, 0.3) is 0 Å². The number of hydrogen-bond acceptors (Lipinski definition) is 9. The van der Waals surface area contributed by atoms with Gasteiger partial charge in [-0.05, 0) is 45.7 Å². The van der Waals surface area contributed by atoms with Crippen molar-refractivity contribution >= 4 is 29.4 Å². The molecular formula is C22H42N2O7Si2. The van der Waals surface area contributed by atoms with Gasteiger partial charge in [0.15, 0.2) is 0 Å². The third-order valence-electron chi connectivity index (χ3n) is 4.61. The van der Waals surface area contributed by atoms with Gasteiger partial charge in [-0.25, -0.2) is 9.79 Å². The molecule has 0 bridgehead atoms. The van der Waals surface area contributed by atoms with Gasteiger partial charge in [0.2, 0.25) is 6.08 Å². The van der Waals surface area contributed by atoms with Crippen LogP contribution in [0.4, 0.5) is 5.69 Å². The Balaban J connectivity index is 0.000000622. The Hall–Kier alpha value is -1.41. The van der Waals surface area contributed by atoms with Crippen LogP contribution in [0.1, 0.15) is 33.6 Å².